The van der Waals surface area contributed by atoms with E-state index < -0.39 is 23.1 Å². The fraction of sp³-hybridized carbons (Fsp3) is 0.250. The highest BCUT2D eigenvalue weighted by Gasteiger charge is 2.23. The van der Waals surface area contributed by atoms with Crippen LogP contribution < -0.4 is 24.7 Å². The Morgan fingerprint density at radius 3 is 2.54 bits per heavy atom. The molecule has 2 aromatic heterocycles. The number of anilines is 1. The van der Waals surface area contributed by atoms with Gasteiger partial charge in [0.1, 0.15) is 17.1 Å². The number of benzene rings is 3. The van der Waals surface area contributed by atoms with Crippen LogP contribution >= 0.6 is 0 Å². The zero-order chi connectivity index (χ0) is 33.5. The molecule has 0 atom stereocenters. The molecule has 1 N–H and O–H groups in total. The van der Waals surface area contributed by atoms with E-state index in [4.69, 9.17) is 18.9 Å². The average molecular weight is 657 g/mol. The van der Waals surface area contributed by atoms with Gasteiger partial charge in [-0.3, -0.25) is 19.5 Å². The van der Waals surface area contributed by atoms with Crippen LogP contribution in [0.4, 0.5) is 14.5 Å². The number of carbonyl (C=O) groups excluding carboxylic acids is 1. The Balaban J connectivity index is 1.23. The van der Waals surface area contributed by atoms with E-state index in [9.17, 15) is 14.0 Å². The number of nitrogens with zero attached hydrogens (tertiary/aromatic N) is 3. The fourth-order valence-electron chi connectivity index (χ4n) is 5.43. The van der Waals surface area contributed by atoms with Crippen molar-refractivity contribution in [3.8, 4) is 23.0 Å². The smallest absolute Gasteiger partial charge is 0.264 e. The molecule has 6 rings (SSSR count). The Labute approximate surface area is 275 Å². The molecule has 48 heavy (non-hydrogen) atoms. The molecular formula is C36H34F2N4O6. The molecule has 1 amide bonds. The number of hydrogen-bond donors (Lipinski definition) is 1. The summed E-state index contributed by atoms with van der Waals surface area (Å²) in [7, 11) is 1.54. The SMILES string of the molecule is COc1cc2c(Oc3ccc(N(Cc4ccc(F)cc4)C(=O)c4ccc[nH]c4=O)cc3F)ccnc2cc1OCCCN1CCOCC1. The van der Waals surface area contributed by atoms with Crippen LogP contribution in [0.15, 0.2) is 90.0 Å². The van der Waals surface area contributed by atoms with Crippen molar-refractivity contribution < 1.29 is 32.5 Å². The van der Waals surface area contributed by atoms with Gasteiger partial charge in [0.25, 0.3) is 11.5 Å². The number of aromatic amines is 1. The highest BCUT2D eigenvalue weighted by Crippen LogP contribution is 2.38. The van der Waals surface area contributed by atoms with Crippen LogP contribution in [0.1, 0.15) is 22.3 Å². The van der Waals surface area contributed by atoms with Crippen LogP contribution in [0.25, 0.3) is 10.9 Å². The topological polar surface area (TPSA) is 106 Å². The van der Waals surface area contributed by atoms with Crippen LogP contribution in [-0.4, -0.2) is 67.3 Å². The van der Waals surface area contributed by atoms with Crippen molar-refractivity contribution in [2.24, 2.45) is 0 Å². The number of hydrogen-bond acceptors (Lipinski definition) is 8. The summed E-state index contributed by atoms with van der Waals surface area (Å²) in [4.78, 5) is 36.5. The molecule has 1 fully saturated rings. The minimum Gasteiger partial charge on any atom is -0.493 e. The van der Waals surface area contributed by atoms with Crippen LogP contribution in [0.2, 0.25) is 0 Å². The van der Waals surface area contributed by atoms with Crippen molar-refractivity contribution in [1.29, 1.82) is 0 Å². The number of morpholine rings is 1. The number of aromatic nitrogens is 2. The molecule has 0 radical (unpaired) electrons. The Hall–Kier alpha value is -5.33. The summed E-state index contributed by atoms with van der Waals surface area (Å²) in [6.45, 7) is 4.67. The van der Waals surface area contributed by atoms with E-state index in [-0.39, 0.29) is 23.5 Å². The third-order valence-corrected chi connectivity index (χ3v) is 7.96. The van der Waals surface area contributed by atoms with Gasteiger partial charge in [0.15, 0.2) is 23.1 Å². The average Bonchev–Trinajstić information content (AvgIpc) is 3.11. The van der Waals surface area contributed by atoms with Crippen LogP contribution in [0, 0.1) is 11.6 Å². The van der Waals surface area contributed by atoms with E-state index in [1.54, 1.807) is 31.5 Å². The lowest BCUT2D eigenvalue weighted by Gasteiger charge is -2.26. The second-order valence-corrected chi connectivity index (χ2v) is 11.1. The van der Waals surface area contributed by atoms with Gasteiger partial charge in [0.05, 0.1) is 39.0 Å². The normalized spacial score (nSPS) is 13.3. The molecular weight excluding hydrogens is 622 g/mol. The lowest BCUT2D eigenvalue weighted by molar-refractivity contribution is 0.0357. The molecule has 0 unspecified atom stereocenters. The Kier molecular flexibility index (Phi) is 10.2. The number of halogens is 2. The number of amides is 1. The molecule has 10 nitrogen and oxygen atoms in total. The number of H-pyrrole nitrogens is 1. The fourth-order valence-corrected chi connectivity index (χ4v) is 5.43. The lowest BCUT2D eigenvalue weighted by atomic mass is 10.1. The molecule has 1 aliphatic heterocycles. The summed E-state index contributed by atoms with van der Waals surface area (Å²) in [5.74, 6) is -0.583. The number of ether oxygens (including phenoxy) is 4. The highest BCUT2D eigenvalue weighted by molar-refractivity contribution is 6.05. The zero-order valence-electron chi connectivity index (χ0n) is 26.3. The third kappa shape index (κ3) is 7.62. The zero-order valence-corrected chi connectivity index (χ0v) is 26.3. The van der Waals surface area contributed by atoms with Crippen molar-refractivity contribution in [2.45, 2.75) is 13.0 Å². The van der Waals surface area contributed by atoms with E-state index >= 15 is 4.39 Å². The number of carbonyl (C=O) groups is 1. The minimum atomic E-state index is -0.747. The summed E-state index contributed by atoms with van der Waals surface area (Å²) in [5.41, 5.74) is 0.605. The molecule has 3 heterocycles. The van der Waals surface area contributed by atoms with Gasteiger partial charge in [-0.2, -0.15) is 0 Å². The molecule has 0 spiro atoms. The molecule has 5 aromatic rings. The molecule has 12 heteroatoms. The lowest BCUT2D eigenvalue weighted by Crippen LogP contribution is -2.37. The van der Waals surface area contributed by atoms with E-state index in [1.807, 2.05) is 0 Å². The number of rotatable bonds is 12. The maximum Gasteiger partial charge on any atom is 0.264 e. The largest absolute Gasteiger partial charge is 0.493 e. The van der Waals surface area contributed by atoms with Gasteiger partial charge < -0.3 is 28.8 Å². The van der Waals surface area contributed by atoms with Gasteiger partial charge >= 0.3 is 0 Å². The van der Waals surface area contributed by atoms with Gasteiger partial charge in [-0.25, -0.2) is 8.78 Å². The Morgan fingerprint density at radius 2 is 1.79 bits per heavy atom. The third-order valence-electron chi connectivity index (χ3n) is 7.96. The summed E-state index contributed by atoms with van der Waals surface area (Å²) < 4.78 is 52.4. The molecule has 0 bridgehead atoms. The predicted molar refractivity (Wildman–Crippen MR) is 176 cm³/mol. The standard InChI is InChI=1S/C36H34F2N4O6/c1-45-33-21-28-30(22-34(33)47-17-3-14-41-15-18-46-19-16-41)39-13-11-31(28)48-32-10-9-26(20-29(32)38)42(23-24-5-7-25(37)8-6-24)36(44)27-4-2-12-40-35(27)43/h2,4-13,20-22H,3,14-19,23H2,1H3,(H,40,43). The van der Waals surface area contributed by atoms with E-state index in [0.717, 1.165) is 45.3 Å². The first kappa shape index (κ1) is 32.6. The van der Waals surface area contributed by atoms with Crippen molar-refractivity contribution in [1.82, 2.24) is 14.9 Å². The summed E-state index contributed by atoms with van der Waals surface area (Å²) in [6.07, 6.45) is 3.80. The molecule has 248 valence electrons. The molecule has 1 aliphatic rings. The number of nitrogens with one attached hydrogen (secondary N) is 1. The quantitative estimate of drug-likeness (QED) is 0.164. The maximum atomic E-state index is 15.7. The predicted octanol–water partition coefficient (Wildman–Crippen LogP) is 5.95. The number of methoxy groups -OCH3 is 1. The van der Waals surface area contributed by atoms with E-state index in [0.29, 0.717) is 40.3 Å². The van der Waals surface area contributed by atoms with Gasteiger partial charge in [-0.05, 0) is 60.5 Å². The number of pyridine rings is 2. The number of fused-ring (bicyclic) bond motifs is 1. The first-order chi connectivity index (χ1) is 23.4. The molecule has 0 aliphatic carbocycles. The monoisotopic (exact) mass is 656 g/mol. The van der Waals surface area contributed by atoms with Crippen LogP contribution in [0.5, 0.6) is 23.0 Å². The highest BCUT2D eigenvalue weighted by atomic mass is 19.1. The molecule has 3 aromatic carbocycles. The molecule has 0 saturated carbocycles. The van der Waals surface area contributed by atoms with E-state index in [1.165, 1.54) is 59.6 Å². The second-order valence-electron chi connectivity index (χ2n) is 11.1. The molecule has 1 saturated heterocycles. The van der Waals surface area contributed by atoms with Crippen molar-refractivity contribution >= 4 is 22.5 Å². The van der Waals surface area contributed by atoms with Crippen molar-refractivity contribution in [2.75, 3.05) is 51.5 Å². The van der Waals surface area contributed by atoms with Gasteiger partial charge in [-0.1, -0.05) is 12.1 Å². The second kappa shape index (κ2) is 15.1. The van der Waals surface area contributed by atoms with Crippen LogP contribution in [-0.2, 0) is 11.3 Å². The first-order valence-electron chi connectivity index (χ1n) is 15.5. The van der Waals surface area contributed by atoms with Gasteiger partial charge in [0, 0.05) is 55.2 Å². The maximum absolute atomic E-state index is 15.7. The summed E-state index contributed by atoms with van der Waals surface area (Å²) >= 11 is 0. The summed E-state index contributed by atoms with van der Waals surface area (Å²) in [5, 5.41) is 0.579. The Morgan fingerprint density at radius 1 is 0.979 bits per heavy atom. The van der Waals surface area contributed by atoms with Gasteiger partial charge in [-0.15, -0.1) is 0 Å². The summed E-state index contributed by atoms with van der Waals surface area (Å²) in [6, 6.07) is 17.7. The van der Waals surface area contributed by atoms with Gasteiger partial charge in [0.2, 0.25) is 0 Å². The first-order valence-corrected chi connectivity index (χ1v) is 15.5. The minimum absolute atomic E-state index is 0.0422. The van der Waals surface area contributed by atoms with Crippen molar-refractivity contribution in [3.63, 3.8) is 0 Å². The van der Waals surface area contributed by atoms with E-state index in [2.05, 4.69) is 14.9 Å². The van der Waals surface area contributed by atoms with Crippen molar-refractivity contribution in [3.05, 3.63) is 118 Å². The van der Waals surface area contributed by atoms with Crippen LogP contribution in [0.3, 0.4) is 0 Å². The Bertz CT molecular complexity index is 1950.